The number of hydrogen-bond acceptors (Lipinski definition) is 5. The molecule has 0 N–H and O–H groups in total. The quantitative estimate of drug-likeness (QED) is 0.741. The average molecular weight is 411 g/mol. The molecule has 0 spiro atoms. The van der Waals surface area contributed by atoms with E-state index in [1.54, 1.807) is 21.9 Å². The summed E-state index contributed by atoms with van der Waals surface area (Å²) in [5, 5.41) is 0.668. The van der Waals surface area contributed by atoms with Crippen LogP contribution in [0.5, 0.6) is 5.75 Å². The first-order chi connectivity index (χ1) is 13.4. The van der Waals surface area contributed by atoms with Crippen LogP contribution in [-0.4, -0.2) is 79.8 Å². The van der Waals surface area contributed by atoms with E-state index in [9.17, 15) is 9.59 Å². The molecule has 0 radical (unpaired) electrons. The Morgan fingerprint density at radius 2 is 1.89 bits per heavy atom. The van der Waals surface area contributed by atoms with Crippen molar-refractivity contribution in [2.75, 3.05) is 52.6 Å². The van der Waals surface area contributed by atoms with Crippen LogP contribution in [0.25, 0.3) is 0 Å². The second-order valence-corrected chi connectivity index (χ2v) is 7.75. The lowest BCUT2D eigenvalue weighted by Gasteiger charge is -2.42. The highest BCUT2D eigenvalue weighted by Gasteiger charge is 2.41. The van der Waals surface area contributed by atoms with Crippen molar-refractivity contribution in [2.24, 2.45) is 0 Å². The van der Waals surface area contributed by atoms with Gasteiger partial charge in [0.25, 0.3) is 0 Å². The lowest BCUT2D eigenvalue weighted by atomic mass is 9.96. The average Bonchev–Trinajstić information content (AvgIpc) is 2.70. The van der Waals surface area contributed by atoms with Gasteiger partial charge in [-0.15, -0.1) is 0 Å². The van der Waals surface area contributed by atoms with Gasteiger partial charge in [0.15, 0.2) is 0 Å². The van der Waals surface area contributed by atoms with Gasteiger partial charge in [-0.3, -0.25) is 9.59 Å². The lowest BCUT2D eigenvalue weighted by Crippen LogP contribution is -2.58. The molecule has 0 bridgehead atoms. The van der Waals surface area contributed by atoms with Gasteiger partial charge in [-0.1, -0.05) is 11.6 Å². The molecule has 7 nitrogen and oxygen atoms in total. The van der Waals surface area contributed by atoms with Crippen LogP contribution in [-0.2, 0) is 19.1 Å². The van der Waals surface area contributed by atoms with Gasteiger partial charge in [0.05, 0.1) is 32.8 Å². The maximum absolute atomic E-state index is 12.9. The molecule has 1 aromatic carbocycles. The van der Waals surface area contributed by atoms with Crippen LogP contribution in [0.1, 0.15) is 18.9 Å². The largest absolute Gasteiger partial charge is 0.490 e. The highest BCUT2D eigenvalue weighted by Crippen LogP contribution is 2.27. The molecule has 3 rings (SSSR count). The van der Waals surface area contributed by atoms with Gasteiger partial charge in [0.1, 0.15) is 18.0 Å². The zero-order valence-corrected chi connectivity index (χ0v) is 17.2. The van der Waals surface area contributed by atoms with E-state index in [2.05, 4.69) is 0 Å². The van der Waals surface area contributed by atoms with Crippen LogP contribution in [0.3, 0.4) is 0 Å². The van der Waals surface area contributed by atoms with Crippen LogP contribution in [0.4, 0.5) is 0 Å². The monoisotopic (exact) mass is 410 g/mol. The normalized spacial score (nSPS) is 22.8. The molecule has 28 heavy (non-hydrogen) atoms. The Balaban J connectivity index is 1.74. The van der Waals surface area contributed by atoms with Crippen LogP contribution in [0.2, 0.25) is 5.02 Å². The molecule has 2 fully saturated rings. The minimum Gasteiger partial charge on any atom is -0.490 e. The number of benzene rings is 1. The van der Waals surface area contributed by atoms with E-state index >= 15 is 0 Å². The molecule has 2 heterocycles. The molecule has 1 aromatic rings. The Labute approximate surface area is 170 Å². The van der Waals surface area contributed by atoms with Crippen LogP contribution in [0.15, 0.2) is 18.2 Å². The summed E-state index contributed by atoms with van der Waals surface area (Å²) in [5.74, 6) is 0.613. The number of carbonyl (C=O) groups is 2. The summed E-state index contributed by atoms with van der Waals surface area (Å²) in [6, 6.07) is 5.42. The second-order valence-electron chi connectivity index (χ2n) is 7.34. The third kappa shape index (κ3) is 5.16. The number of aryl methyl sites for hydroxylation is 1. The molecule has 2 amide bonds. The first-order valence-electron chi connectivity index (χ1n) is 9.52. The summed E-state index contributed by atoms with van der Waals surface area (Å²) in [6.45, 7) is 7.05. The molecule has 154 valence electrons. The smallest absolute Gasteiger partial charge is 0.225 e. The zero-order valence-electron chi connectivity index (χ0n) is 16.4. The number of rotatable bonds is 5. The lowest BCUT2D eigenvalue weighted by molar-refractivity contribution is -0.166. The Hall–Kier alpha value is -1.83. The molecule has 0 aliphatic carbocycles. The Bertz CT molecular complexity index is 723. The Morgan fingerprint density at radius 3 is 2.57 bits per heavy atom. The second kappa shape index (κ2) is 9.11. The van der Waals surface area contributed by atoms with Gasteiger partial charge in [-0.2, -0.15) is 0 Å². The third-order valence-electron chi connectivity index (χ3n) is 5.16. The molecule has 1 atom stereocenters. The molecule has 0 aromatic heterocycles. The minimum absolute atomic E-state index is 0.00964. The van der Waals surface area contributed by atoms with Crippen molar-refractivity contribution in [3.63, 3.8) is 0 Å². The fourth-order valence-electron chi connectivity index (χ4n) is 3.48. The first kappa shape index (κ1) is 20.9. The van der Waals surface area contributed by atoms with Crippen LogP contribution in [0, 0.1) is 6.92 Å². The van der Waals surface area contributed by atoms with Crippen molar-refractivity contribution in [3.05, 3.63) is 28.8 Å². The number of amides is 2. The molecule has 2 saturated heterocycles. The van der Waals surface area contributed by atoms with Gasteiger partial charge >= 0.3 is 0 Å². The van der Waals surface area contributed by atoms with Crippen molar-refractivity contribution in [1.29, 1.82) is 0 Å². The highest BCUT2D eigenvalue weighted by atomic mass is 35.5. The molecule has 1 unspecified atom stereocenters. The van der Waals surface area contributed by atoms with Gasteiger partial charge < -0.3 is 24.0 Å². The topological polar surface area (TPSA) is 68.3 Å². The molecule has 2 aliphatic heterocycles. The van der Waals surface area contributed by atoms with Gasteiger partial charge in [-0.25, -0.2) is 0 Å². The number of morpholine rings is 2. The van der Waals surface area contributed by atoms with E-state index in [4.69, 9.17) is 25.8 Å². The van der Waals surface area contributed by atoms with E-state index in [0.29, 0.717) is 56.8 Å². The molecule has 8 heteroatoms. The van der Waals surface area contributed by atoms with Gasteiger partial charge in [0, 0.05) is 31.6 Å². The van der Waals surface area contributed by atoms with Crippen molar-refractivity contribution in [3.8, 4) is 5.75 Å². The number of halogens is 1. The van der Waals surface area contributed by atoms with E-state index in [1.807, 2.05) is 13.0 Å². The Morgan fingerprint density at radius 1 is 1.18 bits per heavy atom. The van der Waals surface area contributed by atoms with Crippen LogP contribution >= 0.6 is 11.6 Å². The first-order valence-corrected chi connectivity index (χ1v) is 9.90. The maximum atomic E-state index is 12.9. The summed E-state index contributed by atoms with van der Waals surface area (Å²) in [6.07, 6.45) is 0.156. The molecular formula is C20H27ClN2O5. The van der Waals surface area contributed by atoms with Crippen molar-refractivity contribution in [1.82, 2.24) is 9.80 Å². The summed E-state index contributed by atoms with van der Waals surface area (Å²) < 4.78 is 17.4. The van der Waals surface area contributed by atoms with E-state index in [0.717, 1.165) is 5.56 Å². The number of ether oxygens (including phenoxy) is 3. The van der Waals surface area contributed by atoms with E-state index in [-0.39, 0.29) is 24.8 Å². The predicted octanol–water partition coefficient (Wildman–Crippen LogP) is 1.89. The zero-order chi connectivity index (χ0) is 20.1. The molecular weight excluding hydrogens is 384 g/mol. The minimum atomic E-state index is -0.882. The predicted molar refractivity (Wildman–Crippen MR) is 105 cm³/mol. The number of carbonyl (C=O) groups excluding carboxylic acids is 2. The summed E-state index contributed by atoms with van der Waals surface area (Å²) in [7, 11) is 0. The third-order valence-corrected chi connectivity index (χ3v) is 5.59. The Kier molecular flexibility index (Phi) is 6.80. The maximum Gasteiger partial charge on any atom is 0.225 e. The molecule has 0 saturated carbocycles. The SMILES string of the molecule is CC(=O)N1CCOC(COc2ccc(Cl)c(C)c2)(CC(=O)N2CCOCC2)C1. The fourth-order valence-corrected chi connectivity index (χ4v) is 3.60. The van der Waals surface area contributed by atoms with E-state index < -0.39 is 5.60 Å². The van der Waals surface area contributed by atoms with Gasteiger partial charge in [0.2, 0.25) is 11.8 Å². The number of hydrogen-bond donors (Lipinski definition) is 0. The van der Waals surface area contributed by atoms with Crippen LogP contribution < -0.4 is 4.74 Å². The number of nitrogens with zero attached hydrogens (tertiary/aromatic N) is 2. The summed E-state index contributed by atoms with van der Waals surface area (Å²) >= 11 is 6.08. The van der Waals surface area contributed by atoms with Crippen molar-refractivity contribution >= 4 is 23.4 Å². The van der Waals surface area contributed by atoms with E-state index in [1.165, 1.54) is 6.92 Å². The summed E-state index contributed by atoms with van der Waals surface area (Å²) in [5.41, 5.74) is 0.0277. The standard InChI is InChI=1S/C20H27ClN2O5/c1-15-11-17(3-4-18(15)21)27-14-20(13-23(16(2)24)7-10-28-20)12-19(25)22-5-8-26-9-6-22/h3-4,11H,5-10,12-14H2,1-2H3. The fraction of sp³-hybridized carbons (Fsp3) is 0.600. The van der Waals surface area contributed by atoms with Crippen molar-refractivity contribution in [2.45, 2.75) is 25.9 Å². The highest BCUT2D eigenvalue weighted by molar-refractivity contribution is 6.31. The van der Waals surface area contributed by atoms with Crippen molar-refractivity contribution < 1.29 is 23.8 Å². The summed E-state index contributed by atoms with van der Waals surface area (Å²) in [4.78, 5) is 28.3. The van der Waals surface area contributed by atoms with Gasteiger partial charge in [-0.05, 0) is 30.7 Å². The molecule has 2 aliphatic rings.